The molecule has 1 aromatic carbocycles. The van der Waals surface area contributed by atoms with Crippen molar-refractivity contribution < 1.29 is 14.7 Å². The Kier molecular flexibility index (Phi) is 6.02. The summed E-state index contributed by atoms with van der Waals surface area (Å²) in [6, 6.07) is 8.49. The van der Waals surface area contributed by atoms with Crippen LogP contribution in [0.5, 0.6) is 0 Å². The Morgan fingerprint density at radius 3 is 2.84 bits per heavy atom. The fourth-order valence-corrected chi connectivity index (χ4v) is 5.03. The van der Waals surface area contributed by atoms with Gasteiger partial charge in [-0.15, -0.1) is 11.8 Å². The van der Waals surface area contributed by atoms with E-state index in [9.17, 15) is 9.59 Å². The van der Waals surface area contributed by atoms with Gasteiger partial charge in [-0.3, -0.25) is 14.5 Å². The van der Waals surface area contributed by atoms with E-state index in [0.29, 0.717) is 0 Å². The number of aliphatic carboxylic acids is 1. The molecule has 0 saturated carbocycles. The highest BCUT2D eigenvalue weighted by Crippen LogP contribution is 2.38. The summed E-state index contributed by atoms with van der Waals surface area (Å²) in [5.41, 5.74) is 1.17. The second kappa shape index (κ2) is 8.23. The van der Waals surface area contributed by atoms with Gasteiger partial charge in [0.1, 0.15) is 0 Å². The number of thioether (sulfide) groups is 1. The van der Waals surface area contributed by atoms with Crippen molar-refractivity contribution in [1.82, 2.24) is 9.80 Å². The van der Waals surface area contributed by atoms with Crippen molar-refractivity contribution in [3.8, 4) is 0 Å². The highest BCUT2D eigenvalue weighted by atomic mass is 32.2. The number of hydrogen-bond donors (Lipinski definition) is 1. The second-order valence-electron chi connectivity index (χ2n) is 6.95. The predicted octanol–water partition coefficient (Wildman–Crippen LogP) is 2.66. The lowest BCUT2D eigenvalue weighted by atomic mass is 9.94. The van der Waals surface area contributed by atoms with E-state index in [-0.39, 0.29) is 24.4 Å². The van der Waals surface area contributed by atoms with Crippen LogP contribution in [0, 0.1) is 0 Å². The molecule has 2 heterocycles. The van der Waals surface area contributed by atoms with Crippen LogP contribution in [0.25, 0.3) is 0 Å². The van der Waals surface area contributed by atoms with Crippen LogP contribution in [-0.4, -0.2) is 65.3 Å². The molecule has 2 unspecified atom stereocenters. The van der Waals surface area contributed by atoms with Gasteiger partial charge in [-0.1, -0.05) is 18.2 Å². The van der Waals surface area contributed by atoms with E-state index >= 15 is 0 Å². The average molecular weight is 362 g/mol. The molecular weight excluding hydrogens is 336 g/mol. The molecule has 0 bridgehead atoms. The van der Waals surface area contributed by atoms with Crippen molar-refractivity contribution in [3.63, 3.8) is 0 Å². The number of rotatable bonds is 4. The highest BCUT2D eigenvalue weighted by molar-refractivity contribution is 7.99. The van der Waals surface area contributed by atoms with Gasteiger partial charge in [0.05, 0.1) is 12.5 Å². The van der Waals surface area contributed by atoms with Gasteiger partial charge in [0.25, 0.3) is 0 Å². The summed E-state index contributed by atoms with van der Waals surface area (Å²) >= 11 is 1.84. The number of benzene rings is 1. The molecule has 3 rings (SSSR count). The molecule has 0 aromatic heterocycles. The highest BCUT2D eigenvalue weighted by Gasteiger charge is 2.32. The Morgan fingerprint density at radius 2 is 2.04 bits per heavy atom. The van der Waals surface area contributed by atoms with Crippen molar-refractivity contribution in [2.75, 3.05) is 32.4 Å². The van der Waals surface area contributed by atoms with Gasteiger partial charge in [0, 0.05) is 24.0 Å². The molecule has 2 aliphatic rings. The summed E-state index contributed by atoms with van der Waals surface area (Å²) in [7, 11) is 1.87. The molecule has 2 atom stereocenters. The van der Waals surface area contributed by atoms with E-state index < -0.39 is 5.97 Å². The molecule has 1 fully saturated rings. The van der Waals surface area contributed by atoms with Crippen LogP contribution in [-0.2, 0) is 9.59 Å². The van der Waals surface area contributed by atoms with Crippen molar-refractivity contribution >= 4 is 23.6 Å². The number of fused-ring (bicyclic) bond motifs is 1. The van der Waals surface area contributed by atoms with Gasteiger partial charge in [-0.2, -0.15) is 0 Å². The SMILES string of the molecule is CN(CC(=O)O)C1CCCN(C(=O)C2CCSc3ccccc32)CC1. The fraction of sp³-hybridized carbons (Fsp3) is 0.579. The number of likely N-dealkylation sites (tertiary alicyclic amines) is 1. The zero-order valence-electron chi connectivity index (χ0n) is 14.7. The van der Waals surface area contributed by atoms with E-state index in [4.69, 9.17) is 5.11 Å². The summed E-state index contributed by atoms with van der Waals surface area (Å²) in [6.45, 7) is 1.56. The molecule has 6 heteroatoms. The standard InChI is InChI=1S/C19H26N2O3S/c1-20(13-18(22)23)14-5-4-10-21(11-8-14)19(24)16-9-12-25-17-7-3-2-6-15(16)17/h2-3,6-7,14,16H,4-5,8-13H2,1H3,(H,22,23). The molecule has 2 aliphatic heterocycles. The minimum absolute atomic E-state index is 0.0225. The number of carbonyl (C=O) groups is 2. The summed E-state index contributed by atoms with van der Waals surface area (Å²) in [5.74, 6) is 0.418. The molecule has 5 nitrogen and oxygen atoms in total. The van der Waals surface area contributed by atoms with Gasteiger partial charge in [0.15, 0.2) is 0 Å². The minimum atomic E-state index is -0.795. The van der Waals surface area contributed by atoms with Crippen LogP contribution in [0.4, 0.5) is 0 Å². The van der Waals surface area contributed by atoms with Crippen molar-refractivity contribution in [3.05, 3.63) is 29.8 Å². The third-order valence-electron chi connectivity index (χ3n) is 5.27. The predicted molar refractivity (Wildman–Crippen MR) is 99.0 cm³/mol. The summed E-state index contributed by atoms with van der Waals surface area (Å²) in [5, 5.41) is 8.98. The lowest BCUT2D eigenvalue weighted by Crippen LogP contribution is -2.39. The first-order chi connectivity index (χ1) is 12.1. The quantitative estimate of drug-likeness (QED) is 0.892. The van der Waals surface area contributed by atoms with Crippen LogP contribution in [0.3, 0.4) is 0 Å². The third-order valence-corrected chi connectivity index (χ3v) is 6.40. The molecule has 136 valence electrons. The number of carboxylic acid groups (broad SMARTS) is 1. The summed E-state index contributed by atoms with van der Waals surface area (Å²) < 4.78 is 0. The Hall–Kier alpha value is -1.53. The van der Waals surface area contributed by atoms with Gasteiger partial charge >= 0.3 is 5.97 Å². The topological polar surface area (TPSA) is 60.9 Å². The van der Waals surface area contributed by atoms with Gasteiger partial charge in [-0.05, 0) is 50.1 Å². The van der Waals surface area contributed by atoms with Crippen LogP contribution < -0.4 is 0 Å². The maximum absolute atomic E-state index is 13.1. The fourth-order valence-electron chi connectivity index (χ4n) is 3.90. The maximum atomic E-state index is 13.1. The first kappa shape index (κ1) is 18.3. The van der Waals surface area contributed by atoms with E-state index in [2.05, 4.69) is 12.1 Å². The van der Waals surface area contributed by atoms with Gasteiger partial charge in [-0.25, -0.2) is 0 Å². The van der Waals surface area contributed by atoms with Crippen molar-refractivity contribution in [2.24, 2.45) is 0 Å². The van der Waals surface area contributed by atoms with E-state index in [0.717, 1.165) is 44.5 Å². The number of hydrogen-bond acceptors (Lipinski definition) is 4. The third kappa shape index (κ3) is 4.36. The minimum Gasteiger partial charge on any atom is -0.480 e. The van der Waals surface area contributed by atoms with Gasteiger partial charge in [0.2, 0.25) is 5.91 Å². The Bertz CT molecular complexity index is 637. The Balaban J connectivity index is 1.65. The molecule has 0 radical (unpaired) electrons. The van der Waals surface area contributed by atoms with E-state index in [1.165, 1.54) is 10.5 Å². The smallest absolute Gasteiger partial charge is 0.317 e. The number of carbonyl (C=O) groups excluding carboxylic acids is 1. The monoisotopic (exact) mass is 362 g/mol. The Morgan fingerprint density at radius 1 is 1.24 bits per heavy atom. The zero-order valence-corrected chi connectivity index (χ0v) is 15.5. The molecule has 1 amide bonds. The van der Waals surface area contributed by atoms with Crippen LogP contribution in [0.1, 0.15) is 37.2 Å². The van der Waals surface area contributed by atoms with Crippen LogP contribution in [0.2, 0.25) is 0 Å². The molecule has 0 aliphatic carbocycles. The largest absolute Gasteiger partial charge is 0.480 e. The second-order valence-corrected chi connectivity index (χ2v) is 8.08. The van der Waals surface area contributed by atoms with Crippen molar-refractivity contribution in [1.29, 1.82) is 0 Å². The van der Waals surface area contributed by atoms with E-state index in [1.807, 2.05) is 40.7 Å². The summed E-state index contributed by atoms with van der Waals surface area (Å²) in [4.78, 5) is 29.2. The lowest BCUT2D eigenvalue weighted by Gasteiger charge is -2.30. The van der Waals surface area contributed by atoms with Crippen LogP contribution in [0.15, 0.2) is 29.2 Å². The van der Waals surface area contributed by atoms with Crippen LogP contribution >= 0.6 is 11.8 Å². The number of likely N-dealkylation sites (N-methyl/N-ethyl adjacent to an activating group) is 1. The average Bonchev–Trinajstić information content (AvgIpc) is 2.86. The molecule has 1 N–H and O–H groups in total. The molecule has 1 saturated heterocycles. The molecule has 0 spiro atoms. The number of amides is 1. The Labute approximate surface area is 153 Å². The summed E-state index contributed by atoms with van der Waals surface area (Å²) in [6.07, 6.45) is 3.63. The number of nitrogens with zero attached hydrogens (tertiary/aromatic N) is 2. The molecule has 25 heavy (non-hydrogen) atoms. The maximum Gasteiger partial charge on any atom is 0.317 e. The molecule has 1 aromatic rings. The normalized spacial score (nSPS) is 23.8. The first-order valence-corrected chi connectivity index (χ1v) is 9.97. The zero-order chi connectivity index (χ0) is 17.8. The lowest BCUT2D eigenvalue weighted by molar-refractivity contribution is -0.138. The van der Waals surface area contributed by atoms with E-state index in [1.54, 1.807) is 0 Å². The first-order valence-electron chi connectivity index (χ1n) is 8.99. The molecular formula is C19H26N2O3S. The van der Waals surface area contributed by atoms with Crippen molar-refractivity contribution in [2.45, 2.75) is 42.5 Å². The number of carboxylic acids is 1. The van der Waals surface area contributed by atoms with Gasteiger partial charge < -0.3 is 10.0 Å².